The summed E-state index contributed by atoms with van der Waals surface area (Å²) < 4.78 is 38.2. The number of halogens is 2. The lowest BCUT2D eigenvalue weighted by Crippen LogP contribution is -2.53. The monoisotopic (exact) mass is 483 g/mol. The molecule has 1 saturated carbocycles. The number of carbonyl (C=O) groups excluding carboxylic acids is 1. The number of hydrogen-bond acceptors (Lipinski definition) is 7. The van der Waals surface area contributed by atoms with Crippen molar-refractivity contribution in [3.05, 3.63) is 42.7 Å². The Morgan fingerprint density at radius 3 is 2.66 bits per heavy atom. The van der Waals surface area contributed by atoms with E-state index in [1.54, 1.807) is 17.3 Å². The summed E-state index contributed by atoms with van der Waals surface area (Å²) in [6.07, 6.45) is 2.05. The number of aromatic nitrogens is 3. The number of pyridine rings is 1. The second-order valence-corrected chi connectivity index (χ2v) is 9.23. The number of ether oxygens (including phenoxy) is 2. The van der Waals surface area contributed by atoms with Gasteiger partial charge in [-0.15, -0.1) is 0 Å². The average Bonchev–Trinajstić information content (AvgIpc) is 2.85. The molecular formula is C25H27F2N5O3. The lowest BCUT2D eigenvalue weighted by Gasteiger charge is -2.40. The van der Waals surface area contributed by atoms with E-state index in [0.717, 1.165) is 11.3 Å². The molecule has 1 aliphatic heterocycles. The zero-order chi connectivity index (χ0) is 24.6. The van der Waals surface area contributed by atoms with Crippen molar-refractivity contribution >= 4 is 22.6 Å². The molecule has 35 heavy (non-hydrogen) atoms. The number of benzene rings is 1. The van der Waals surface area contributed by atoms with Crippen LogP contribution < -0.4 is 9.64 Å². The first-order valence-corrected chi connectivity index (χ1v) is 11.6. The Hall–Kier alpha value is -3.40. The fraction of sp³-hybridized carbons (Fsp3) is 0.440. The van der Waals surface area contributed by atoms with Gasteiger partial charge in [-0.1, -0.05) is 12.1 Å². The van der Waals surface area contributed by atoms with Crippen molar-refractivity contribution in [2.75, 3.05) is 45.3 Å². The smallest absolute Gasteiger partial charge is 0.249 e. The third kappa shape index (κ3) is 5.02. The second kappa shape index (κ2) is 9.33. The molecule has 10 heteroatoms. The van der Waals surface area contributed by atoms with Gasteiger partial charge in [-0.2, -0.15) is 0 Å². The van der Waals surface area contributed by atoms with Crippen LogP contribution in [0.3, 0.4) is 0 Å². The van der Waals surface area contributed by atoms with Crippen molar-refractivity contribution in [3.8, 4) is 17.1 Å². The molecule has 3 heterocycles. The minimum absolute atomic E-state index is 0.145. The van der Waals surface area contributed by atoms with Gasteiger partial charge in [0.15, 0.2) is 5.52 Å². The zero-order valence-electron chi connectivity index (χ0n) is 19.7. The topological polar surface area (TPSA) is 80.7 Å². The molecule has 2 fully saturated rings. The first-order chi connectivity index (χ1) is 16.8. The average molecular weight is 484 g/mol. The van der Waals surface area contributed by atoms with E-state index in [4.69, 9.17) is 14.5 Å². The third-order valence-electron chi connectivity index (χ3n) is 6.40. The van der Waals surface area contributed by atoms with Crippen LogP contribution in [0.2, 0.25) is 0 Å². The highest BCUT2D eigenvalue weighted by Crippen LogP contribution is 2.43. The van der Waals surface area contributed by atoms with E-state index in [0.29, 0.717) is 35.8 Å². The van der Waals surface area contributed by atoms with Gasteiger partial charge in [-0.3, -0.25) is 9.78 Å². The molecule has 0 N–H and O–H groups in total. The van der Waals surface area contributed by atoms with Crippen LogP contribution in [0.1, 0.15) is 12.8 Å². The Morgan fingerprint density at radius 1 is 1.20 bits per heavy atom. The molecule has 3 aromatic rings. The third-order valence-corrected chi connectivity index (χ3v) is 6.40. The minimum atomic E-state index is -2.72. The van der Waals surface area contributed by atoms with Crippen molar-refractivity contribution in [3.63, 3.8) is 0 Å². The Balaban J connectivity index is 1.31. The molecule has 8 nitrogen and oxygen atoms in total. The van der Waals surface area contributed by atoms with Gasteiger partial charge in [0.25, 0.3) is 0 Å². The van der Waals surface area contributed by atoms with Crippen LogP contribution in [0.15, 0.2) is 42.7 Å². The summed E-state index contributed by atoms with van der Waals surface area (Å²) in [6, 6.07) is 9.87. The number of amides is 1. The summed E-state index contributed by atoms with van der Waals surface area (Å²) in [6.45, 7) is 1.15. The Labute approximate surface area is 201 Å². The van der Waals surface area contributed by atoms with Crippen LogP contribution in [-0.2, 0) is 9.53 Å². The van der Waals surface area contributed by atoms with Gasteiger partial charge in [0.1, 0.15) is 12.7 Å². The molecule has 1 atom stereocenters. The predicted molar refractivity (Wildman–Crippen MR) is 127 cm³/mol. The number of hydrogen-bond donors (Lipinski definition) is 0. The summed E-state index contributed by atoms with van der Waals surface area (Å²) in [5, 5.41) is 0. The summed E-state index contributed by atoms with van der Waals surface area (Å²) >= 11 is 0. The van der Waals surface area contributed by atoms with Crippen LogP contribution in [-0.4, -0.2) is 78.2 Å². The van der Waals surface area contributed by atoms with E-state index in [2.05, 4.69) is 9.97 Å². The maximum absolute atomic E-state index is 13.2. The van der Waals surface area contributed by atoms with Crippen molar-refractivity contribution in [2.45, 2.75) is 24.9 Å². The van der Waals surface area contributed by atoms with Gasteiger partial charge in [-0.05, 0) is 18.2 Å². The molecule has 2 aromatic heterocycles. The SMILES string of the molecule is CN(C)c1ccc(-c2cc3nccnc3c(OC[C@@H]3CN(C(=O)C4CC(F)(F)C4)CCO3)n2)cc1. The van der Waals surface area contributed by atoms with E-state index < -0.39 is 17.9 Å². The van der Waals surface area contributed by atoms with Crippen molar-refractivity contribution < 1.29 is 23.0 Å². The first-order valence-electron chi connectivity index (χ1n) is 11.6. The van der Waals surface area contributed by atoms with Crippen LogP contribution in [0, 0.1) is 5.92 Å². The summed E-state index contributed by atoms with van der Waals surface area (Å²) in [5.41, 5.74) is 3.87. The van der Waals surface area contributed by atoms with Crippen LogP contribution in [0.5, 0.6) is 5.88 Å². The van der Waals surface area contributed by atoms with Gasteiger partial charge >= 0.3 is 0 Å². The van der Waals surface area contributed by atoms with Crippen molar-refractivity contribution in [1.82, 2.24) is 19.9 Å². The summed E-state index contributed by atoms with van der Waals surface area (Å²) in [4.78, 5) is 29.7. The van der Waals surface area contributed by atoms with Gasteiger partial charge in [0.05, 0.1) is 24.4 Å². The lowest BCUT2D eigenvalue weighted by molar-refractivity contribution is -0.166. The van der Waals surface area contributed by atoms with E-state index in [9.17, 15) is 13.6 Å². The Morgan fingerprint density at radius 2 is 1.94 bits per heavy atom. The van der Waals surface area contributed by atoms with E-state index >= 15 is 0 Å². The number of alkyl halides is 2. The number of nitrogens with zero attached hydrogens (tertiary/aromatic N) is 5. The quantitative estimate of drug-likeness (QED) is 0.532. The van der Waals surface area contributed by atoms with Crippen LogP contribution in [0.25, 0.3) is 22.3 Å². The zero-order valence-corrected chi connectivity index (χ0v) is 19.7. The highest BCUT2D eigenvalue weighted by molar-refractivity contribution is 5.83. The molecule has 1 aliphatic carbocycles. The van der Waals surface area contributed by atoms with Crippen molar-refractivity contribution in [1.29, 1.82) is 0 Å². The van der Waals surface area contributed by atoms with Gasteiger partial charge in [-0.25, -0.2) is 18.7 Å². The molecule has 0 spiro atoms. The summed E-state index contributed by atoms with van der Waals surface area (Å²) in [5.74, 6) is -3.24. The highest BCUT2D eigenvalue weighted by Gasteiger charge is 2.50. The standard InChI is InChI=1S/C25H27F2N5O3/c1-31(2)18-5-3-16(4-6-18)20-11-21-22(29-8-7-28-21)23(30-20)35-15-19-14-32(9-10-34-19)24(33)17-12-25(26,27)13-17/h3-8,11,17,19H,9-10,12-15H2,1-2H3/t19-/m0/s1. The predicted octanol–water partition coefficient (Wildman–Crippen LogP) is 3.41. The number of carbonyl (C=O) groups is 1. The van der Waals surface area contributed by atoms with Gasteiger partial charge in [0, 0.05) is 63.0 Å². The fourth-order valence-corrected chi connectivity index (χ4v) is 4.41. The largest absolute Gasteiger partial charge is 0.473 e. The fourth-order valence-electron chi connectivity index (χ4n) is 4.41. The van der Waals surface area contributed by atoms with E-state index in [-0.39, 0.29) is 31.9 Å². The normalized spacial score (nSPS) is 19.9. The molecule has 1 saturated heterocycles. The molecule has 0 unspecified atom stereocenters. The van der Waals surface area contributed by atoms with Gasteiger partial charge < -0.3 is 19.3 Å². The number of rotatable bonds is 6. The van der Waals surface area contributed by atoms with Crippen molar-refractivity contribution in [2.24, 2.45) is 5.92 Å². The molecule has 5 rings (SSSR count). The first kappa shape index (κ1) is 23.3. The van der Waals surface area contributed by atoms with E-state index in [1.807, 2.05) is 49.3 Å². The number of fused-ring (bicyclic) bond motifs is 1. The maximum atomic E-state index is 13.2. The Bertz CT molecular complexity index is 1210. The Kier molecular flexibility index (Phi) is 6.22. The lowest BCUT2D eigenvalue weighted by atomic mass is 9.80. The number of morpholine rings is 1. The number of anilines is 1. The molecule has 0 radical (unpaired) electrons. The van der Waals surface area contributed by atoms with Gasteiger partial charge in [0.2, 0.25) is 17.7 Å². The second-order valence-electron chi connectivity index (χ2n) is 9.23. The van der Waals surface area contributed by atoms with Crippen LogP contribution >= 0.6 is 0 Å². The molecule has 1 aromatic carbocycles. The van der Waals surface area contributed by atoms with E-state index in [1.165, 1.54) is 0 Å². The molecule has 1 amide bonds. The summed E-state index contributed by atoms with van der Waals surface area (Å²) in [7, 11) is 3.96. The molecule has 0 bridgehead atoms. The van der Waals surface area contributed by atoms with Crippen LogP contribution in [0.4, 0.5) is 14.5 Å². The highest BCUT2D eigenvalue weighted by atomic mass is 19.3. The molecule has 184 valence electrons. The molecular weight excluding hydrogens is 456 g/mol. The molecule has 2 aliphatic rings. The minimum Gasteiger partial charge on any atom is -0.473 e. The maximum Gasteiger partial charge on any atom is 0.249 e.